The Bertz CT molecular complexity index is 625. The molecule has 23 heavy (non-hydrogen) atoms. The summed E-state index contributed by atoms with van der Waals surface area (Å²) in [7, 11) is 1.57. The lowest BCUT2D eigenvalue weighted by atomic mass is 10.2. The second-order valence-corrected chi connectivity index (χ2v) is 4.74. The largest absolute Gasteiger partial charge is 0.497 e. The predicted octanol–water partition coefficient (Wildman–Crippen LogP) is 2.90. The summed E-state index contributed by atoms with van der Waals surface area (Å²) in [6.45, 7) is 3.39. The van der Waals surface area contributed by atoms with Gasteiger partial charge in [-0.1, -0.05) is 6.07 Å². The molecule has 0 aromatic heterocycles. The maximum absolute atomic E-state index is 12.0. The van der Waals surface area contributed by atoms with Crippen LogP contribution >= 0.6 is 0 Å². The van der Waals surface area contributed by atoms with Gasteiger partial charge in [0.05, 0.1) is 20.3 Å². The van der Waals surface area contributed by atoms with Gasteiger partial charge in [-0.3, -0.25) is 4.79 Å². The minimum Gasteiger partial charge on any atom is -0.497 e. The number of methoxy groups -OCH3 is 1. The summed E-state index contributed by atoms with van der Waals surface area (Å²) in [5.41, 5.74) is 0.561. The maximum Gasteiger partial charge on any atom is 0.251 e. The molecule has 0 aliphatic heterocycles. The Balaban J connectivity index is 1.75. The molecule has 122 valence electrons. The molecule has 1 N–H and O–H groups in total. The van der Waals surface area contributed by atoms with Crippen molar-refractivity contribution in [2.24, 2.45) is 0 Å². The van der Waals surface area contributed by atoms with Gasteiger partial charge >= 0.3 is 0 Å². The normalized spacial score (nSPS) is 10.0. The van der Waals surface area contributed by atoms with Crippen LogP contribution in [0.2, 0.25) is 0 Å². The molecule has 0 spiro atoms. The van der Waals surface area contributed by atoms with Crippen LogP contribution in [0, 0.1) is 0 Å². The number of ether oxygens (including phenoxy) is 3. The third-order valence-corrected chi connectivity index (χ3v) is 3.12. The summed E-state index contributed by atoms with van der Waals surface area (Å²) in [6, 6.07) is 14.4. The molecular formula is C18H21NO4. The van der Waals surface area contributed by atoms with Gasteiger partial charge in [-0.2, -0.15) is 0 Å². The molecule has 0 aliphatic carbocycles. The van der Waals surface area contributed by atoms with Crippen LogP contribution in [0.4, 0.5) is 0 Å². The fraction of sp³-hybridized carbons (Fsp3) is 0.278. The zero-order chi connectivity index (χ0) is 16.5. The van der Waals surface area contributed by atoms with Crippen LogP contribution in [0.5, 0.6) is 17.2 Å². The number of carbonyl (C=O) groups excluding carboxylic acids is 1. The summed E-state index contributed by atoms with van der Waals surface area (Å²) in [6.07, 6.45) is 0. The first-order valence-corrected chi connectivity index (χ1v) is 7.51. The van der Waals surface area contributed by atoms with Gasteiger partial charge in [0.1, 0.15) is 23.9 Å². The van der Waals surface area contributed by atoms with E-state index in [2.05, 4.69) is 5.32 Å². The van der Waals surface area contributed by atoms with E-state index in [1.165, 1.54) is 0 Å². The quantitative estimate of drug-likeness (QED) is 0.761. The fourth-order valence-electron chi connectivity index (χ4n) is 2.00. The molecule has 0 heterocycles. The third kappa shape index (κ3) is 5.21. The SMILES string of the molecule is CCOc1ccc(OCCNC(=O)c2cccc(OC)c2)cc1. The van der Waals surface area contributed by atoms with E-state index in [1.807, 2.05) is 31.2 Å². The number of hydrogen-bond acceptors (Lipinski definition) is 4. The van der Waals surface area contributed by atoms with Crippen molar-refractivity contribution in [3.8, 4) is 17.2 Å². The first-order chi connectivity index (χ1) is 11.2. The molecule has 0 radical (unpaired) electrons. The van der Waals surface area contributed by atoms with E-state index in [4.69, 9.17) is 14.2 Å². The minimum absolute atomic E-state index is 0.154. The van der Waals surface area contributed by atoms with E-state index in [-0.39, 0.29) is 5.91 Å². The smallest absolute Gasteiger partial charge is 0.251 e. The second-order valence-electron chi connectivity index (χ2n) is 4.74. The van der Waals surface area contributed by atoms with Crippen molar-refractivity contribution < 1.29 is 19.0 Å². The van der Waals surface area contributed by atoms with Crippen LogP contribution in [0.1, 0.15) is 17.3 Å². The van der Waals surface area contributed by atoms with Crippen LogP contribution in [-0.2, 0) is 0 Å². The molecule has 0 saturated carbocycles. The Hall–Kier alpha value is -2.69. The zero-order valence-electron chi connectivity index (χ0n) is 13.4. The van der Waals surface area contributed by atoms with E-state index in [1.54, 1.807) is 31.4 Å². The average molecular weight is 315 g/mol. The summed E-state index contributed by atoms with van der Waals surface area (Å²) in [4.78, 5) is 12.0. The Morgan fingerprint density at radius 3 is 2.35 bits per heavy atom. The van der Waals surface area contributed by atoms with Gasteiger partial charge in [-0.25, -0.2) is 0 Å². The standard InChI is InChI=1S/C18H21NO4/c1-3-22-15-7-9-16(10-8-15)23-12-11-19-18(20)14-5-4-6-17(13-14)21-2/h4-10,13H,3,11-12H2,1-2H3,(H,19,20). The van der Waals surface area contributed by atoms with Crippen molar-refractivity contribution in [3.63, 3.8) is 0 Å². The Morgan fingerprint density at radius 1 is 1.00 bits per heavy atom. The average Bonchev–Trinajstić information content (AvgIpc) is 2.60. The lowest BCUT2D eigenvalue weighted by Gasteiger charge is -2.09. The predicted molar refractivity (Wildman–Crippen MR) is 88.4 cm³/mol. The number of amides is 1. The molecule has 2 rings (SSSR count). The van der Waals surface area contributed by atoms with Gasteiger partial charge in [0.2, 0.25) is 0 Å². The molecule has 0 fully saturated rings. The number of hydrogen-bond donors (Lipinski definition) is 1. The van der Waals surface area contributed by atoms with Crippen molar-refractivity contribution in [1.82, 2.24) is 5.32 Å². The van der Waals surface area contributed by atoms with E-state index < -0.39 is 0 Å². The lowest BCUT2D eigenvalue weighted by Crippen LogP contribution is -2.28. The molecule has 0 aliphatic rings. The van der Waals surface area contributed by atoms with Crippen molar-refractivity contribution in [3.05, 3.63) is 54.1 Å². The Morgan fingerprint density at radius 2 is 1.70 bits per heavy atom. The summed E-state index contributed by atoms with van der Waals surface area (Å²) in [5.74, 6) is 2.05. The second kappa shape index (κ2) is 8.68. The zero-order valence-corrected chi connectivity index (χ0v) is 13.4. The topological polar surface area (TPSA) is 56.8 Å². The van der Waals surface area contributed by atoms with E-state index >= 15 is 0 Å². The van der Waals surface area contributed by atoms with Crippen molar-refractivity contribution in [1.29, 1.82) is 0 Å². The summed E-state index contributed by atoms with van der Waals surface area (Å²) in [5, 5.41) is 2.81. The Kier molecular flexibility index (Phi) is 6.29. The van der Waals surface area contributed by atoms with E-state index in [0.29, 0.717) is 31.1 Å². The molecule has 0 atom stereocenters. The molecule has 2 aromatic carbocycles. The molecule has 1 amide bonds. The third-order valence-electron chi connectivity index (χ3n) is 3.12. The van der Waals surface area contributed by atoms with Crippen LogP contribution in [0.15, 0.2) is 48.5 Å². The highest BCUT2D eigenvalue weighted by Crippen LogP contribution is 2.17. The summed E-state index contributed by atoms with van der Waals surface area (Å²) >= 11 is 0. The molecule has 5 heteroatoms. The van der Waals surface area contributed by atoms with Gasteiger partial charge < -0.3 is 19.5 Å². The van der Waals surface area contributed by atoms with Crippen molar-refractivity contribution >= 4 is 5.91 Å². The molecule has 2 aromatic rings. The highest BCUT2D eigenvalue weighted by atomic mass is 16.5. The lowest BCUT2D eigenvalue weighted by molar-refractivity contribution is 0.0946. The maximum atomic E-state index is 12.0. The molecule has 0 bridgehead atoms. The highest BCUT2D eigenvalue weighted by Gasteiger charge is 2.05. The van der Waals surface area contributed by atoms with E-state index in [0.717, 1.165) is 11.5 Å². The number of benzene rings is 2. The van der Waals surface area contributed by atoms with Gasteiger partial charge in [0.25, 0.3) is 5.91 Å². The van der Waals surface area contributed by atoms with Crippen LogP contribution in [0.3, 0.4) is 0 Å². The molecular weight excluding hydrogens is 294 g/mol. The summed E-state index contributed by atoms with van der Waals surface area (Å²) < 4.78 is 16.0. The Labute approximate surface area is 136 Å². The molecule has 5 nitrogen and oxygen atoms in total. The van der Waals surface area contributed by atoms with E-state index in [9.17, 15) is 4.79 Å². The van der Waals surface area contributed by atoms with Gasteiger partial charge in [0, 0.05) is 5.56 Å². The van der Waals surface area contributed by atoms with Gasteiger partial charge in [-0.05, 0) is 49.4 Å². The number of rotatable bonds is 8. The first kappa shape index (κ1) is 16.7. The van der Waals surface area contributed by atoms with Crippen molar-refractivity contribution in [2.75, 3.05) is 26.9 Å². The number of carbonyl (C=O) groups is 1. The molecule has 0 unspecified atom stereocenters. The first-order valence-electron chi connectivity index (χ1n) is 7.51. The minimum atomic E-state index is -0.154. The van der Waals surface area contributed by atoms with Gasteiger partial charge in [0.15, 0.2) is 0 Å². The highest BCUT2D eigenvalue weighted by molar-refractivity contribution is 5.94. The van der Waals surface area contributed by atoms with Gasteiger partial charge in [-0.15, -0.1) is 0 Å². The van der Waals surface area contributed by atoms with Crippen LogP contribution in [0.25, 0.3) is 0 Å². The van der Waals surface area contributed by atoms with Crippen molar-refractivity contribution in [2.45, 2.75) is 6.92 Å². The van der Waals surface area contributed by atoms with Crippen LogP contribution in [-0.4, -0.2) is 32.8 Å². The van der Waals surface area contributed by atoms with Crippen LogP contribution < -0.4 is 19.5 Å². The monoisotopic (exact) mass is 315 g/mol. The molecule has 0 saturated heterocycles. The fourth-order valence-corrected chi connectivity index (χ4v) is 2.00. The number of nitrogens with one attached hydrogen (secondary N) is 1.